The van der Waals surface area contributed by atoms with Gasteiger partial charge in [0.05, 0.1) is 12.5 Å². The summed E-state index contributed by atoms with van der Waals surface area (Å²) in [5, 5.41) is 9.53. The van der Waals surface area contributed by atoms with Gasteiger partial charge in [0.1, 0.15) is 5.82 Å². The third kappa shape index (κ3) is 4.00. The molecule has 3 rings (SSSR count). The topological polar surface area (TPSA) is 60.9 Å². The fraction of sp³-hybridized carbons (Fsp3) is 0.579. The molecule has 0 radical (unpaired) electrons. The zero-order chi connectivity index (χ0) is 18.0. The Bertz CT molecular complexity index is 628. The molecule has 1 aliphatic heterocycles. The lowest BCUT2D eigenvalue weighted by Gasteiger charge is -2.26. The summed E-state index contributed by atoms with van der Waals surface area (Å²) in [6, 6.07) is 6.37. The van der Waals surface area contributed by atoms with Gasteiger partial charge in [0.25, 0.3) is 0 Å². The number of likely N-dealkylation sites (tertiary alicyclic amines) is 1. The van der Waals surface area contributed by atoms with Gasteiger partial charge in [0, 0.05) is 25.0 Å². The van der Waals surface area contributed by atoms with Gasteiger partial charge in [0.2, 0.25) is 5.91 Å². The molecule has 0 bridgehead atoms. The van der Waals surface area contributed by atoms with Crippen molar-refractivity contribution in [1.29, 1.82) is 0 Å². The summed E-state index contributed by atoms with van der Waals surface area (Å²) in [4.78, 5) is 28.0. The van der Waals surface area contributed by atoms with Crippen molar-refractivity contribution in [1.82, 2.24) is 9.80 Å². The minimum atomic E-state index is -0.909. The number of amides is 1. The minimum Gasteiger partial charge on any atom is -0.481 e. The van der Waals surface area contributed by atoms with E-state index in [0.717, 1.165) is 18.4 Å². The van der Waals surface area contributed by atoms with Crippen LogP contribution in [0.3, 0.4) is 0 Å². The Hall–Kier alpha value is -1.95. The van der Waals surface area contributed by atoms with E-state index >= 15 is 0 Å². The lowest BCUT2D eigenvalue weighted by atomic mass is 9.89. The average Bonchev–Trinajstić information content (AvgIpc) is 3.25. The fourth-order valence-electron chi connectivity index (χ4n) is 4.09. The number of rotatable bonds is 5. The largest absolute Gasteiger partial charge is 0.481 e. The first-order valence-corrected chi connectivity index (χ1v) is 8.92. The quantitative estimate of drug-likeness (QED) is 0.887. The molecule has 1 aromatic carbocycles. The number of carboxylic acids is 1. The summed E-state index contributed by atoms with van der Waals surface area (Å²) in [6.07, 6.45) is 4.67. The zero-order valence-electron chi connectivity index (χ0n) is 14.5. The van der Waals surface area contributed by atoms with Crippen LogP contribution in [0.15, 0.2) is 24.3 Å². The number of halogens is 1. The van der Waals surface area contributed by atoms with Crippen LogP contribution in [-0.4, -0.2) is 59.5 Å². The molecule has 6 heteroatoms. The molecule has 5 nitrogen and oxygen atoms in total. The maximum absolute atomic E-state index is 13.1. The number of hydrogen-bond donors (Lipinski definition) is 1. The molecule has 1 aliphatic carbocycles. The molecular weight excluding hydrogens is 323 g/mol. The van der Waals surface area contributed by atoms with Crippen molar-refractivity contribution in [2.24, 2.45) is 5.92 Å². The molecule has 2 atom stereocenters. The van der Waals surface area contributed by atoms with E-state index in [9.17, 15) is 19.1 Å². The number of likely N-dealkylation sites (N-methyl/N-ethyl adjacent to an activating group) is 1. The molecule has 2 aliphatic rings. The second-order valence-corrected chi connectivity index (χ2v) is 7.25. The molecule has 1 saturated heterocycles. The van der Waals surface area contributed by atoms with Gasteiger partial charge in [-0.05, 0) is 37.6 Å². The molecule has 1 heterocycles. The Morgan fingerprint density at radius 1 is 1.20 bits per heavy atom. The molecule has 0 spiro atoms. The van der Waals surface area contributed by atoms with Crippen LogP contribution in [0, 0.1) is 11.7 Å². The van der Waals surface area contributed by atoms with E-state index in [-0.39, 0.29) is 24.2 Å². The van der Waals surface area contributed by atoms with Gasteiger partial charge in [-0.2, -0.15) is 0 Å². The number of aliphatic carboxylic acids is 1. The summed E-state index contributed by atoms with van der Waals surface area (Å²) in [5.41, 5.74) is 0.772. The van der Waals surface area contributed by atoms with Gasteiger partial charge in [-0.15, -0.1) is 0 Å². The SMILES string of the molecule is CN(CC(=O)N1C[C@@H](C(=O)O)[C@H](c2ccc(F)cc2)C1)C1CCCC1. The van der Waals surface area contributed by atoms with Crippen LogP contribution in [-0.2, 0) is 9.59 Å². The van der Waals surface area contributed by atoms with E-state index < -0.39 is 11.9 Å². The van der Waals surface area contributed by atoms with Crippen LogP contribution in [0.5, 0.6) is 0 Å². The molecule has 136 valence electrons. The third-order valence-electron chi connectivity index (χ3n) is 5.62. The molecule has 0 unspecified atom stereocenters. The monoisotopic (exact) mass is 348 g/mol. The first kappa shape index (κ1) is 17.9. The first-order valence-electron chi connectivity index (χ1n) is 8.92. The number of carbonyl (C=O) groups excluding carboxylic acids is 1. The standard InChI is InChI=1S/C19H25FN2O3/c1-21(15-4-2-3-5-15)12-18(23)22-10-16(17(11-22)19(24)25)13-6-8-14(20)9-7-13/h6-9,15-17H,2-5,10-12H2,1H3,(H,24,25)/t16-,17+/m0/s1. The lowest BCUT2D eigenvalue weighted by Crippen LogP contribution is -2.41. The van der Waals surface area contributed by atoms with Crippen LogP contribution >= 0.6 is 0 Å². The number of benzene rings is 1. The Morgan fingerprint density at radius 2 is 1.84 bits per heavy atom. The van der Waals surface area contributed by atoms with E-state index in [2.05, 4.69) is 4.90 Å². The molecule has 1 amide bonds. The smallest absolute Gasteiger partial charge is 0.308 e. The maximum Gasteiger partial charge on any atom is 0.308 e. The van der Waals surface area contributed by atoms with Crippen molar-refractivity contribution in [3.63, 3.8) is 0 Å². The second kappa shape index (κ2) is 7.52. The van der Waals surface area contributed by atoms with Crippen molar-refractivity contribution >= 4 is 11.9 Å². The van der Waals surface area contributed by atoms with Crippen molar-refractivity contribution < 1.29 is 19.1 Å². The average molecular weight is 348 g/mol. The van der Waals surface area contributed by atoms with E-state index in [4.69, 9.17) is 0 Å². The molecule has 1 aromatic rings. The van der Waals surface area contributed by atoms with Gasteiger partial charge >= 0.3 is 5.97 Å². The summed E-state index contributed by atoms with van der Waals surface area (Å²) in [6.45, 7) is 0.918. The van der Waals surface area contributed by atoms with Crippen LogP contribution in [0.1, 0.15) is 37.2 Å². The third-order valence-corrected chi connectivity index (χ3v) is 5.62. The van der Waals surface area contributed by atoms with Gasteiger partial charge < -0.3 is 10.0 Å². The fourth-order valence-corrected chi connectivity index (χ4v) is 4.09. The molecule has 1 N–H and O–H groups in total. The number of carbonyl (C=O) groups is 2. The summed E-state index contributed by atoms with van der Waals surface area (Å²) in [5.74, 6) is -2.22. The zero-order valence-corrected chi connectivity index (χ0v) is 14.5. The minimum absolute atomic E-state index is 0.0229. The highest BCUT2D eigenvalue weighted by Crippen LogP contribution is 2.33. The molecule has 1 saturated carbocycles. The van der Waals surface area contributed by atoms with Gasteiger partial charge in [-0.25, -0.2) is 4.39 Å². The summed E-state index contributed by atoms with van der Waals surface area (Å²) in [7, 11) is 1.97. The lowest BCUT2D eigenvalue weighted by molar-refractivity contribution is -0.141. The maximum atomic E-state index is 13.1. The Kier molecular flexibility index (Phi) is 5.37. The highest BCUT2D eigenvalue weighted by Gasteiger charge is 2.40. The highest BCUT2D eigenvalue weighted by atomic mass is 19.1. The van der Waals surface area contributed by atoms with Crippen LogP contribution in [0.25, 0.3) is 0 Å². The molecule has 0 aromatic heterocycles. The Balaban J connectivity index is 1.67. The van der Waals surface area contributed by atoms with Crippen LogP contribution in [0.2, 0.25) is 0 Å². The predicted octanol–water partition coefficient (Wildman–Crippen LogP) is 2.33. The Morgan fingerprint density at radius 3 is 2.44 bits per heavy atom. The first-order chi connectivity index (χ1) is 12.0. The van der Waals surface area contributed by atoms with E-state index in [1.807, 2.05) is 7.05 Å². The van der Waals surface area contributed by atoms with Crippen molar-refractivity contribution in [2.75, 3.05) is 26.7 Å². The van der Waals surface area contributed by atoms with Crippen LogP contribution < -0.4 is 0 Å². The van der Waals surface area contributed by atoms with Gasteiger partial charge in [-0.3, -0.25) is 14.5 Å². The number of hydrogen-bond acceptors (Lipinski definition) is 3. The van der Waals surface area contributed by atoms with E-state index in [1.54, 1.807) is 17.0 Å². The second-order valence-electron chi connectivity index (χ2n) is 7.25. The summed E-state index contributed by atoms with van der Waals surface area (Å²) < 4.78 is 13.1. The van der Waals surface area contributed by atoms with Crippen molar-refractivity contribution in [2.45, 2.75) is 37.6 Å². The molecule has 25 heavy (non-hydrogen) atoms. The summed E-state index contributed by atoms with van der Waals surface area (Å²) >= 11 is 0. The van der Waals surface area contributed by atoms with E-state index in [1.165, 1.54) is 25.0 Å². The van der Waals surface area contributed by atoms with Crippen LogP contribution in [0.4, 0.5) is 4.39 Å². The Labute approximate surface area is 147 Å². The van der Waals surface area contributed by atoms with Gasteiger partial charge in [-0.1, -0.05) is 25.0 Å². The molecular formula is C19H25FN2O3. The van der Waals surface area contributed by atoms with Crippen molar-refractivity contribution in [3.05, 3.63) is 35.6 Å². The number of carboxylic acid groups (broad SMARTS) is 1. The predicted molar refractivity (Wildman–Crippen MR) is 91.7 cm³/mol. The molecule has 2 fully saturated rings. The highest BCUT2D eigenvalue weighted by molar-refractivity contribution is 5.81. The normalized spacial score (nSPS) is 24.2. The van der Waals surface area contributed by atoms with Crippen molar-refractivity contribution in [3.8, 4) is 0 Å². The van der Waals surface area contributed by atoms with Gasteiger partial charge in [0.15, 0.2) is 0 Å². The number of nitrogens with zero attached hydrogens (tertiary/aromatic N) is 2. The van der Waals surface area contributed by atoms with E-state index in [0.29, 0.717) is 19.1 Å².